The molecule has 4 aliphatic carbocycles. The molecule has 0 spiro atoms. The molecule has 6 aliphatic rings. The predicted octanol–water partition coefficient (Wildman–Crippen LogP) is 2.79. The molecule has 2 saturated heterocycles. The molecule has 2 heterocycles. The molecule has 0 amide bonds. The van der Waals surface area contributed by atoms with Crippen molar-refractivity contribution in [3.63, 3.8) is 0 Å². The van der Waals surface area contributed by atoms with E-state index in [1.165, 1.54) is 0 Å². The Balaban J connectivity index is 1.26. The van der Waals surface area contributed by atoms with Crippen LogP contribution in [0.3, 0.4) is 0 Å². The van der Waals surface area contributed by atoms with Crippen LogP contribution in [-0.4, -0.2) is 127 Å². The molecule has 19 atom stereocenters. The average molecular weight is 755 g/mol. The van der Waals surface area contributed by atoms with Crippen molar-refractivity contribution in [2.45, 2.75) is 186 Å². The summed E-state index contributed by atoms with van der Waals surface area (Å²) in [6.45, 7) is 17.2. The first-order valence-corrected chi connectivity index (χ1v) is 20.3. The molecule has 12 heteroatoms. The quantitative estimate of drug-likeness (QED) is 0.161. The maximum Gasteiger partial charge on any atom is 0.187 e. The summed E-state index contributed by atoms with van der Waals surface area (Å²) >= 11 is 0. The van der Waals surface area contributed by atoms with Crippen LogP contribution >= 0.6 is 0 Å². The number of fused-ring (bicyclic) bond motifs is 5. The van der Waals surface area contributed by atoms with E-state index in [1.54, 1.807) is 0 Å². The average Bonchev–Trinajstić information content (AvgIpc) is 3.47. The van der Waals surface area contributed by atoms with Gasteiger partial charge in [-0.25, -0.2) is 0 Å². The van der Waals surface area contributed by atoms with Crippen molar-refractivity contribution in [3.05, 3.63) is 11.6 Å². The van der Waals surface area contributed by atoms with Crippen molar-refractivity contribution in [2.24, 2.45) is 45.3 Å². The Morgan fingerprint density at radius 2 is 1.42 bits per heavy atom. The predicted molar refractivity (Wildman–Crippen MR) is 195 cm³/mol. The Morgan fingerprint density at radius 3 is 2.09 bits per heavy atom. The van der Waals surface area contributed by atoms with E-state index >= 15 is 0 Å². The number of aliphatic hydroxyl groups excluding tert-OH is 8. The molecule has 4 saturated carbocycles. The molecule has 0 aromatic heterocycles. The molecule has 0 radical (unpaired) electrons. The lowest BCUT2D eigenvalue weighted by Gasteiger charge is -2.70. The number of aliphatic hydroxyl groups is 8. The van der Waals surface area contributed by atoms with E-state index in [0.717, 1.165) is 44.1 Å². The molecule has 8 N–H and O–H groups in total. The fourth-order valence-corrected chi connectivity index (χ4v) is 12.9. The van der Waals surface area contributed by atoms with Crippen molar-refractivity contribution in [3.8, 4) is 0 Å². The first-order chi connectivity index (χ1) is 24.6. The Kier molecular flexibility index (Phi) is 11.8. The van der Waals surface area contributed by atoms with Crippen LogP contribution in [0.5, 0.6) is 0 Å². The Morgan fingerprint density at radius 1 is 0.755 bits per heavy atom. The van der Waals surface area contributed by atoms with Crippen molar-refractivity contribution >= 4 is 0 Å². The second kappa shape index (κ2) is 14.9. The normalized spacial score (nSPS) is 52.1. The van der Waals surface area contributed by atoms with E-state index in [-0.39, 0.29) is 52.8 Å². The minimum Gasteiger partial charge on any atom is -0.393 e. The van der Waals surface area contributed by atoms with Crippen LogP contribution in [0.1, 0.15) is 113 Å². The van der Waals surface area contributed by atoms with E-state index in [9.17, 15) is 40.9 Å². The highest BCUT2D eigenvalue weighted by Crippen LogP contribution is 2.76. The van der Waals surface area contributed by atoms with Gasteiger partial charge in [-0.1, -0.05) is 46.3 Å². The number of hydrogen-bond donors (Lipinski definition) is 8. The summed E-state index contributed by atoms with van der Waals surface area (Å²) in [6.07, 6.45) is -4.18. The monoisotopic (exact) mass is 754 g/mol. The van der Waals surface area contributed by atoms with Crippen LogP contribution < -0.4 is 0 Å². The molecule has 12 nitrogen and oxygen atoms in total. The van der Waals surface area contributed by atoms with Gasteiger partial charge in [0.25, 0.3) is 0 Å². The van der Waals surface area contributed by atoms with Gasteiger partial charge in [-0.2, -0.15) is 0 Å². The lowest BCUT2D eigenvalue weighted by molar-refractivity contribution is -0.345. The standard InChI is InChI=1S/C41H70O12/c1-21(2)10-9-14-41(8,53-36-34(49)32(47)31(46)25(52-36)20-51-35-33(48)30(45)24(43)19-50-35)22-11-16-40(7)29(22)23(42)18-27-38(5)15-13-28(44)37(3,4)26(38)12-17-39(27,40)6/h10,22-36,42-49H,9,11-20H2,1-8H3/t22-,23+,24+,25+,26+,27+,28+,29-,30-,31+,32-,33+,34+,35+,36-,38+,39+,40+,41-/m0/s1. The fourth-order valence-electron chi connectivity index (χ4n) is 12.9. The summed E-state index contributed by atoms with van der Waals surface area (Å²) in [5.74, 6) is 0.469. The van der Waals surface area contributed by atoms with Gasteiger partial charge in [0.1, 0.15) is 42.7 Å². The third-order valence-electron chi connectivity index (χ3n) is 16.3. The smallest absolute Gasteiger partial charge is 0.187 e. The number of allylic oxidation sites excluding steroid dienone is 2. The first kappa shape index (κ1) is 41.9. The largest absolute Gasteiger partial charge is 0.393 e. The number of ether oxygens (including phenoxy) is 4. The summed E-state index contributed by atoms with van der Waals surface area (Å²) in [4.78, 5) is 0. The highest BCUT2D eigenvalue weighted by atomic mass is 16.7. The van der Waals surface area contributed by atoms with Gasteiger partial charge in [0, 0.05) is 0 Å². The third-order valence-corrected chi connectivity index (χ3v) is 16.3. The van der Waals surface area contributed by atoms with Gasteiger partial charge in [-0.3, -0.25) is 0 Å². The molecule has 306 valence electrons. The van der Waals surface area contributed by atoms with Crippen molar-refractivity contribution in [1.29, 1.82) is 0 Å². The minimum absolute atomic E-state index is 0.00324. The molecule has 0 aromatic rings. The molecule has 6 fully saturated rings. The van der Waals surface area contributed by atoms with Gasteiger partial charge in [-0.05, 0) is 124 Å². The molecular weight excluding hydrogens is 684 g/mol. The first-order valence-electron chi connectivity index (χ1n) is 20.3. The highest BCUT2D eigenvalue weighted by molar-refractivity contribution is 5.20. The lowest BCUT2D eigenvalue weighted by atomic mass is 9.35. The van der Waals surface area contributed by atoms with Crippen LogP contribution in [0.25, 0.3) is 0 Å². The highest BCUT2D eigenvalue weighted by Gasteiger charge is 2.71. The second-order valence-corrected chi connectivity index (χ2v) is 19.7. The van der Waals surface area contributed by atoms with Crippen LogP contribution in [0, 0.1) is 45.3 Å². The molecule has 2 aliphatic heterocycles. The van der Waals surface area contributed by atoms with Gasteiger partial charge in [0.2, 0.25) is 0 Å². The van der Waals surface area contributed by atoms with Crippen LogP contribution in [0.2, 0.25) is 0 Å². The van der Waals surface area contributed by atoms with Gasteiger partial charge in [-0.15, -0.1) is 0 Å². The van der Waals surface area contributed by atoms with Crippen molar-refractivity contribution < 1.29 is 59.8 Å². The zero-order chi connectivity index (χ0) is 39.1. The Hall–Kier alpha value is -0.740. The van der Waals surface area contributed by atoms with E-state index in [0.29, 0.717) is 31.1 Å². The third kappa shape index (κ3) is 6.90. The fraction of sp³-hybridized carbons (Fsp3) is 0.951. The van der Waals surface area contributed by atoms with Gasteiger partial charge in [0.05, 0.1) is 31.0 Å². The Bertz CT molecular complexity index is 1320. The van der Waals surface area contributed by atoms with E-state index in [4.69, 9.17) is 18.9 Å². The van der Waals surface area contributed by atoms with Gasteiger partial charge in [0.15, 0.2) is 12.6 Å². The zero-order valence-electron chi connectivity index (χ0n) is 33.2. The summed E-state index contributed by atoms with van der Waals surface area (Å²) in [5.41, 5.74) is -0.185. The lowest BCUT2D eigenvalue weighted by Crippen LogP contribution is -2.67. The molecular formula is C41H70O12. The van der Waals surface area contributed by atoms with Crippen molar-refractivity contribution in [1.82, 2.24) is 0 Å². The maximum atomic E-state index is 12.4. The van der Waals surface area contributed by atoms with Crippen molar-refractivity contribution in [2.75, 3.05) is 13.2 Å². The molecule has 53 heavy (non-hydrogen) atoms. The van der Waals surface area contributed by atoms with Gasteiger partial charge >= 0.3 is 0 Å². The summed E-state index contributed by atoms with van der Waals surface area (Å²) in [6, 6.07) is 0. The molecule has 0 unspecified atom stereocenters. The molecule has 6 rings (SSSR count). The number of hydrogen-bond acceptors (Lipinski definition) is 12. The summed E-state index contributed by atoms with van der Waals surface area (Å²) in [7, 11) is 0. The van der Waals surface area contributed by atoms with E-state index in [1.807, 2.05) is 20.8 Å². The molecule has 0 bridgehead atoms. The molecule has 0 aromatic carbocycles. The summed E-state index contributed by atoms with van der Waals surface area (Å²) in [5, 5.41) is 87.0. The number of rotatable bonds is 9. The van der Waals surface area contributed by atoms with Crippen LogP contribution in [-0.2, 0) is 18.9 Å². The second-order valence-electron chi connectivity index (χ2n) is 19.7. The van der Waals surface area contributed by atoms with Crippen LogP contribution in [0.15, 0.2) is 11.6 Å². The summed E-state index contributed by atoms with van der Waals surface area (Å²) < 4.78 is 24.1. The zero-order valence-corrected chi connectivity index (χ0v) is 33.2. The van der Waals surface area contributed by atoms with Gasteiger partial charge < -0.3 is 59.8 Å². The van der Waals surface area contributed by atoms with E-state index in [2.05, 4.69) is 40.7 Å². The van der Waals surface area contributed by atoms with E-state index < -0.39 is 67.0 Å². The Labute approximate surface area is 315 Å². The topological polar surface area (TPSA) is 199 Å². The SMILES string of the molecule is CC(C)=CCC[C@](C)(O[C@@H]1O[C@H](CO[C@H]2OC[C@@H](O)[C@H](O)[C@H]2O)[C@@H](O)[C@H](O)[C@H]1O)[C@H]1CC[C@]2(C)[C@@H]1[C@H](O)C[C@@H]1[C@]3(C)CC[C@@H](O)C(C)(C)[C@H]3CC[C@]12C. The maximum absolute atomic E-state index is 12.4. The minimum atomic E-state index is -1.63. The van der Waals surface area contributed by atoms with Crippen LogP contribution in [0.4, 0.5) is 0 Å².